The van der Waals surface area contributed by atoms with E-state index in [9.17, 15) is 9.59 Å². The van der Waals surface area contributed by atoms with Gasteiger partial charge in [-0.1, -0.05) is 25.0 Å². The van der Waals surface area contributed by atoms with Crippen molar-refractivity contribution in [3.8, 4) is 5.75 Å². The van der Waals surface area contributed by atoms with E-state index >= 15 is 0 Å². The minimum absolute atomic E-state index is 0. The second-order valence-corrected chi connectivity index (χ2v) is 7.42. The second-order valence-electron chi connectivity index (χ2n) is 7.42. The molecule has 1 aliphatic heterocycles. The molecule has 29 heavy (non-hydrogen) atoms. The molecule has 1 heterocycles. The van der Waals surface area contributed by atoms with Crippen LogP contribution in [0.5, 0.6) is 5.75 Å². The fourth-order valence-electron chi connectivity index (χ4n) is 3.55. The minimum atomic E-state index is 0. The summed E-state index contributed by atoms with van der Waals surface area (Å²) in [5, 5.41) is 0. The molecule has 0 atom stereocenters. The zero-order valence-electron chi connectivity index (χ0n) is 17.6. The molecule has 0 aromatic heterocycles. The summed E-state index contributed by atoms with van der Waals surface area (Å²) in [6.07, 6.45) is 6.81. The molecule has 1 aliphatic rings. The monoisotopic (exact) mass is 425 g/mol. The number of benzene rings is 1. The average Bonchev–Trinajstić information content (AvgIpc) is 2.98. The summed E-state index contributed by atoms with van der Waals surface area (Å²) in [5.74, 6) is 1.22. The maximum atomic E-state index is 12.6. The zero-order chi connectivity index (χ0) is 20.2. The maximum Gasteiger partial charge on any atom is 0.222 e. The molecule has 1 fully saturated rings. The Kier molecular flexibility index (Phi) is 12.4. The minimum Gasteiger partial charge on any atom is -0.497 e. The lowest BCUT2D eigenvalue weighted by molar-refractivity contribution is -0.133. The molecule has 2 N–H and O–H groups in total. The molecule has 0 bridgehead atoms. The predicted octanol–water partition coefficient (Wildman–Crippen LogP) is 3.02. The molecule has 0 radical (unpaired) electrons. The first-order valence-electron chi connectivity index (χ1n) is 10.5. The third kappa shape index (κ3) is 9.05. The van der Waals surface area contributed by atoms with Crippen molar-refractivity contribution in [2.75, 3.05) is 39.8 Å². The van der Waals surface area contributed by atoms with Gasteiger partial charge < -0.3 is 20.3 Å². The van der Waals surface area contributed by atoms with Gasteiger partial charge in [0.1, 0.15) is 5.75 Å². The number of amides is 2. The molecule has 0 aliphatic carbocycles. The SMILES string of the molecule is COc1ccc(CCC(=O)N2CCCN(C(=O)CCCCCCN)CC2)cc1.Cl. The molecule has 6 nitrogen and oxygen atoms in total. The highest BCUT2D eigenvalue weighted by atomic mass is 35.5. The van der Waals surface area contributed by atoms with Crippen molar-refractivity contribution in [3.05, 3.63) is 29.8 Å². The second kappa shape index (κ2) is 14.2. The first kappa shape index (κ1) is 25.2. The van der Waals surface area contributed by atoms with Gasteiger partial charge in [0, 0.05) is 39.0 Å². The smallest absolute Gasteiger partial charge is 0.222 e. The van der Waals surface area contributed by atoms with Crippen LogP contribution >= 0.6 is 12.4 Å². The number of methoxy groups -OCH3 is 1. The van der Waals surface area contributed by atoms with Gasteiger partial charge >= 0.3 is 0 Å². The van der Waals surface area contributed by atoms with E-state index in [1.165, 1.54) is 0 Å². The van der Waals surface area contributed by atoms with Crippen LogP contribution in [0.1, 0.15) is 50.5 Å². The number of halogens is 1. The lowest BCUT2D eigenvalue weighted by Crippen LogP contribution is -2.37. The normalized spacial score (nSPS) is 14.1. The summed E-state index contributed by atoms with van der Waals surface area (Å²) in [5.41, 5.74) is 6.63. The number of hydrogen-bond acceptors (Lipinski definition) is 4. The van der Waals surface area contributed by atoms with Crippen molar-refractivity contribution in [2.24, 2.45) is 5.73 Å². The van der Waals surface area contributed by atoms with Crippen LogP contribution in [0.2, 0.25) is 0 Å². The number of rotatable bonds is 10. The van der Waals surface area contributed by atoms with E-state index in [2.05, 4.69) is 0 Å². The molecule has 1 aromatic rings. The Balaban J connectivity index is 0.00000420. The average molecular weight is 426 g/mol. The molecule has 0 spiro atoms. The Morgan fingerprint density at radius 3 is 2.07 bits per heavy atom. The Morgan fingerprint density at radius 2 is 1.48 bits per heavy atom. The fraction of sp³-hybridized carbons (Fsp3) is 0.636. The van der Waals surface area contributed by atoms with E-state index < -0.39 is 0 Å². The number of nitrogens with two attached hydrogens (primary N) is 1. The van der Waals surface area contributed by atoms with E-state index in [0.29, 0.717) is 25.9 Å². The topological polar surface area (TPSA) is 75.9 Å². The van der Waals surface area contributed by atoms with Crippen LogP contribution in [0.15, 0.2) is 24.3 Å². The summed E-state index contributed by atoms with van der Waals surface area (Å²) < 4.78 is 5.16. The number of nitrogens with zero attached hydrogens (tertiary/aromatic N) is 2. The summed E-state index contributed by atoms with van der Waals surface area (Å²) in [6.45, 7) is 3.50. The van der Waals surface area contributed by atoms with E-state index in [1.807, 2.05) is 34.1 Å². The molecule has 164 valence electrons. The lowest BCUT2D eigenvalue weighted by atomic mass is 10.1. The standard InChI is InChI=1S/C22H35N3O3.ClH/c1-28-20-11-8-19(9-12-20)10-13-22(27)25-16-6-15-24(17-18-25)21(26)7-4-2-3-5-14-23;/h8-9,11-12H,2-7,10,13-18,23H2,1H3;1H. The highest BCUT2D eigenvalue weighted by Gasteiger charge is 2.21. The van der Waals surface area contributed by atoms with Crippen LogP contribution in [0.25, 0.3) is 0 Å². The molecule has 2 rings (SSSR count). The number of carbonyl (C=O) groups excluding carboxylic acids is 2. The van der Waals surface area contributed by atoms with Crippen LogP contribution in [-0.2, 0) is 16.0 Å². The van der Waals surface area contributed by atoms with Gasteiger partial charge in [0.25, 0.3) is 0 Å². The van der Waals surface area contributed by atoms with Crippen molar-refractivity contribution in [1.82, 2.24) is 9.80 Å². The number of unbranched alkanes of at least 4 members (excludes halogenated alkanes) is 3. The molecule has 1 aromatic carbocycles. The highest BCUT2D eigenvalue weighted by Crippen LogP contribution is 2.14. The van der Waals surface area contributed by atoms with Crippen LogP contribution in [0.3, 0.4) is 0 Å². The van der Waals surface area contributed by atoms with E-state index in [1.54, 1.807) is 7.11 Å². The molecule has 2 amide bonds. The summed E-state index contributed by atoms with van der Waals surface area (Å²) in [6, 6.07) is 7.85. The number of carbonyl (C=O) groups is 2. The molecular weight excluding hydrogens is 390 g/mol. The quantitative estimate of drug-likeness (QED) is 0.584. The van der Waals surface area contributed by atoms with Gasteiger partial charge in [-0.2, -0.15) is 0 Å². The van der Waals surface area contributed by atoms with Crippen LogP contribution in [0.4, 0.5) is 0 Å². The number of ether oxygens (including phenoxy) is 1. The van der Waals surface area contributed by atoms with Crippen LogP contribution < -0.4 is 10.5 Å². The van der Waals surface area contributed by atoms with Gasteiger partial charge in [0.15, 0.2) is 0 Å². The zero-order valence-corrected chi connectivity index (χ0v) is 18.4. The van der Waals surface area contributed by atoms with Crippen molar-refractivity contribution < 1.29 is 14.3 Å². The first-order chi connectivity index (χ1) is 13.6. The summed E-state index contributed by atoms with van der Waals surface area (Å²) in [7, 11) is 1.65. The molecule has 1 saturated heterocycles. The van der Waals surface area contributed by atoms with E-state index in [-0.39, 0.29) is 24.2 Å². The van der Waals surface area contributed by atoms with Crippen molar-refractivity contribution in [3.63, 3.8) is 0 Å². The summed E-state index contributed by atoms with van der Waals surface area (Å²) in [4.78, 5) is 28.8. The molecule has 7 heteroatoms. The number of aryl methyl sites for hydroxylation is 1. The van der Waals surface area contributed by atoms with Crippen LogP contribution in [-0.4, -0.2) is 61.4 Å². The van der Waals surface area contributed by atoms with E-state index in [4.69, 9.17) is 10.5 Å². The highest BCUT2D eigenvalue weighted by molar-refractivity contribution is 5.85. The Bertz CT molecular complexity index is 610. The van der Waals surface area contributed by atoms with Gasteiger partial charge in [-0.05, 0) is 49.9 Å². The van der Waals surface area contributed by atoms with Gasteiger partial charge in [0.05, 0.1) is 7.11 Å². The Hall–Kier alpha value is -1.79. The number of hydrogen-bond donors (Lipinski definition) is 1. The van der Waals surface area contributed by atoms with Crippen molar-refractivity contribution >= 4 is 24.2 Å². The van der Waals surface area contributed by atoms with E-state index in [0.717, 1.165) is 69.5 Å². The third-order valence-corrected chi connectivity index (χ3v) is 5.33. The summed E-state index contributed by atoms with van der Waals surface area (Å²) >= 11 is 0. The Morgan fingerprint density at radius 1 is 0.897 bits per heavy atom. The molecule has 0 unspecified atom stereocenters. The largest absolute Gasteiger partial charge is 0.497 e. The van der Waals surface area contributed by atoms with Gasteiger partial charge in [-0.3, -0.25) is 9.59 Å². The third-order valence-electron chi connectivity index (χ3n) is 5.33. The van der Waals surface area contributed by atoms with Gasteiger partial charge in [-0.25, -0.2) is 0 Å². The van der Waals surface area contributed by atoms with Crippen molar-refractivity contribution in [1.29, 1.82) is 0 Å². The fourth-order valence-corrected chi connectivity index (χ4v) is 3.55. The van der Waals surface area contributed by atoms with Gasteiger partial charge in [-0.15, -0.1) is 12.4 Å². The predicted molar refractivity (Wildman–Crippen MR) is 118 cm³/mol. The molecular formula is C22H36ClN3O3. The maximum absolute atomic E-state index is 12.6. The lowest BCUT2D eigenvalue weighted by Gasteiger charge is -2.22. The Labute approximate surface area is 181 Å². The van der Waals surface area contributed by atoms with Gasteiger partial charge in [0.2, 0.25) is 11.8 Å². The van der Waals surface area contributed by atoms with Crippen molar-refractivity contribution in [2.45, 2.75) is 51.4 Å². The van der Waals surface area contributed by atoms with Crippen LogP contribution in [0, 0.1) is 0 Å². The molecule has 0 saturated carbocycles. The first-order valence-corrected chi connectivity index (χ1v) is 10.5.